The van der Waals surface area contributed by atoms with Gasteiger partial charge >= 0.3 is 6.09 Å². The highest BCUT2D eigenvalue weighted by Gasteiger charge is 2.34. The minimum absolute atomic E-state index is 0.0839. The third-order valence-electron chi connectivity index (χ3n) is 7.46. The van der Waals surface area contributed by atoms with Crippen LogP contribution in [0.3, 0.4) is 0 Å². The van der Waals surface area contributed by atoms with Crippen molar-refractivity contribution < 1.29 is 14.3 Å². The van der Waals surface area contributed by atoms with Gasteiger partial charge in [0.1, 0.15) is 19.0 Å². The number of hydrogen-bond acceptors (Lipinski definition) is 7. The van der Waals surface area contributed by atoms with Crippen LogP contribution in [0.1, 0.15) is 24.4 Å². The fourth-order valence-corrected chi connectivity index (χ4v) is 5.79. The van der Waals surface area contributed by atoms with Crippen molar-refractivity contribution in [2.75, 3.05) is 19.7 Å². The molecule has 5 rings (SSSR count). The van der Waals surface area contributed by atoms with Crippen molar-refractivity contribution in [2.45, 2.75) is 57.9 Å². The molecule has 10 nitrogen and oxygen atoms in total. The fourth-order valence-electron chi connectivity index (χ4n) is 5.04. The summed E-state index contributed by atoms with van der Waals surface area (Å²) in [6.07, 6.45) is 8.16. The first-order chi connectivity index (χ1) is 19.8. The number of fused-ring (bicyclic) bond motifs is 1. The standard InChI is InChI=1S/C30H37N7O3Si/c1-41(2,3)16-15-39-22-36-14-10-24-17-32-28(34-29(24)36)26-18-33-37(20-26)27(9-12-31)25-11-13-35(19-25)30(38)40-21-23-7-5-4-6-8-23/h4-8,10,14,17-18,20,25,27H,9,11,13,15-16,19,21-22H2,1-3H3. The average Bonchev–Trinajstić information content (AvgIpc) is 3.73. The molecule has 4 aromatic rings. The van der Waals surface area contributed by atoms with Gasteiger partial charge in [0.05, 0.1) is 30.3 Å². The molecule has 3 aromatic heterocycles. The van der Waals surface area contributed by atoms with E-state index in [9.17, 15) is 10.1 Å². The summed E-state index contributed by atoms with van der Waals surface area (Å²) in [5.41, 5.74) is 2.54. The number of aromatic nitrogens is 5. The molecule has 1 fully saturated rings. The van der Waals surface area contributed by atoms with E-state index in [1.54, 1.807) is 11.1 Å². The third-order valence-corrected chi connectivity index (χ3v) is 9.17. The summed E-state index contributed by atoms with van der Waals surface area (Å²) in [5, 5.41) is 15.1. The van der Waals surface area contributed by atoms with E-state index < -0.39 is 8.07 Å². The molecule has 1 aliphatic heterocycles. The number of hydrogen-bond donors (Lipinski definition) is 0. The Bertz CT molecular complexity index is 1510. The molecule has 0 aliphatic carbocycles. The molecule has 1 saturated heterocycles. The molecular weight excluding hydrogens is 534 g/mol. The zero-order valence-corrected chi connectivity index (χ0v) is 24.9. The summed E-state index contributed by atoms with van der Waals surface area (Å²) in [5.74, 6) is 0.652. The van der Waals surface area contributed by atoms with E-state index in [-0.39, 0.29) is 31.1 Å². The van der Waals surface area contributed by atoms with Gasteiger partial charge < -0.3 is 18.9 Å². The lowest BCUT2D eigenvalue weighted by atomic mass is 9.97. The molecule has 0 saturated carbocycles. The van der Waals surface area contributed by atoms with Gasteiger partial charge in [-0.15, -0.1) is 0 Å². The fraction of sp³-hybridized carbons (Fsp3) is 0.433. The van der Waals surface area contributed by atoms with Crippen molar-refractivity contribution in [3.63, 3.8) is 0 Å². The van der Waals surface area contributed by atoms with E-state index in [4.69, 9.17) is 14.5 Å². The number of carbonyl (C=O) groups is 1. The van der Waals surface area contributed by atoms with Gasteiger partial charge in [-0.05, 0) is 24.1 Å². The second-order valence-electron chi connectivity index (χ2n) is 11.8. The molecule has 11 heteroatoms. The lowest BCUT2D eigenvalue weighted by Crippen LogP contribution is -2.31. The van der Waals surface area contributed by atoms with E-state index in [0.717, 1.165) is 41.2 Å². The molecule has 214 valence electrons. The smallest absolute Gasteiger partial charge is 0.410 e. The van der Waals surface area contributed by atoms with Crippen molar-refractivity contribution in [1.82, 2.24) is 29.2 Å². The van der Waals surface area contributed by atoms with Crippen molar-refractivity contribution in [3.8, 4) is 17.5 Å². The number of nitriles is 1. The molecule has 2 atom stereocenters. The van der Waals surface area contributed by atoms with Crippen molar-refractivity contribution in [2.24, 2.45) is 5.92 Å². The predicted octanol–water partition coefficient (Wildman–Crippen LogP) is 5.72. The third kappa shape index (κ3) is 7.20. The summed E-state index contributed by atoms with van der Waals surface area (Å²) in [6.45, 7) is 9.55. The largest absolute Gasteiger partial charge is 0.445 e. The van der Waals surface area contributed by atoms with Crippen molar-refractivity contribution in [1.29, 1.82) is 5.26 Å². The molecular formula is C30H37N7O3Si. The van der Waals surface area contributed by atoms with Crippen molar-refractivity contribution >= 4 is 25.2 Å². The highest BCUT2D eigenvalue weighted by atomic mass is 28.3. The van der Waals surface area contributed by atoms with Crippen LogP contribution in [0.4, 0.5) is 4.79 Å². The van der Waals surface area contributed by atoms with Crippen LogP contribution in [0.5, 0.6) is 0 Å². The average molecular weight is 572 g/mol. The number of nitrogens with zero attached hydrogens (tertiary/aromatic N) is 7. The van der Waals surface area contributed by atoms with Crippen LogP contribution in [0.15, 0.2) is 61.2 Å². The maximum absolute atomic E-state index is 12.7. The second kappa shape index (κ2) is 12.7. The molecule has 41 heavy (non-hydrogen) atoms. The Balaban J connectivity index is 1.24. The van der Waals surface area contributed by atoms with Gasteiger partial charge in [-0.2, -0.15) is 10.4 Å². The van der Waals surface area contributed by atoms with Gasteiger partial charge in [0, 0.05) is 57.7 Å². The van der Waals surface area contributed by atoms with Crippen LogP contribution in [0, 0.1) is 17.2 Å². The van der Waals surface area contributed by atoms with Crippen LogP contribution >= 0.6 is 0 Å². The van der Waals surface area contributed by atoms with Crippen LogP contribution < -0.4 is 0 Å². The van der Waals surface area contributed by atoms with Crippen LogP contribution in [0.2, 0.25) is 25.7 Å². The van der Waals surface area contributed by atoms with E-state index in [2.05, 4.69) is 35.8 Å². The topological polar surface area (TPSA) is 111 Å². The SMILES string of the molecule is C[Si](C)(C)CCOCn1ccc2cnc(-c3cnn(C(CC#N)C4CCN(C(=O)OCc5ccccc5)C4)c3)nc21. The first-order valence-electron chi connectivity index (χ1n) is 14.1. The van der Waals surface area contributed by atoms with E-state index in [1.807, 2.05) is 64.2 Å². The molecule has 4 heterocycles. The Morgan fingerprint density at radius 1 is 1.20 bits per heavy atom. The maximum atomic E-state index is 12.7. The van der Waals surface area contributed by atoms with E-state index in [1.165, 1.54) is 0 Å². The number of likely N-dealkylation sites (tertiary alicyclic amines) is 1. The summed E-state index contributed by atoms with van der Waals surface area (Å²) >= 11 is 0. The molecule has 0 radical (unpaired) electrons. The first-order valence-corrected chi connectivity index (χ1v) is 17.8. The molecule has 1 amide bonds. The zero-order chi connectivity index (χ0) is 28.8. The van der Waals surface area contributed by atoms with Gasteiger partial charge in [0.2, 0.25) is 0 Å². The number of rotatable bonds is 11. The van der Waals surface area contributed by atoms with Gasteiger partial charge in [-0.3, -0.25) is 4.68 Å². The molecule has 0 N–H and O–H groups in total. The molecule has 1 aromatic carbocycles. The molecule has 2 unspecified atom stereocenters. The quantitative estimate of drug-likeness (QED) is 0.167. The van der Waals surface area contributed by atoms with E-state index >= 15 is 0 Å². The zero-order valence-electron chi connectivity index (χ0n) is 23.9. The highest BCUT2D eigenvalue weighted by Crippen LogP contribution is 2.32. The lowest BCUT2D eigenvalue weighted by molar-refractivity contribution is 0.0899. The Morgan fingerprint density at radius 3 is 2.80 bits per heavy atom. The minimum Gasteiger partial charge on any atom is -0.445 e. The molecule has 0 spiro atoms. The summed E-state index contributed by atoms with van der Waals surface area (Å²) in [6, 6.07) is 14.9. The Kier molecular flexibility index (Phi) is 8.80. The summed E-state index contributed by atoms with van der Waals surface area (Å²) < 4.78 is 15.3. The van der Waals surface area contributed by atoms with Gasteiger partial charge in [-0.1, -0.05) is 50.0 Å². The number of ether oxygens (including phenoxy) is 2. The summed E-state index contributed by atoms with van der Waals surface area (Å²) in [4.78, 5) is 23.8. The van der Waals surface area contributed by atoms with Crippen LogP contribution in [0.25, 0.3) is 22.4 Å². The van der Waals surface area contributed by atoms with Gasteiger partial charge in [-0.25, -0.2) is 14.8 Å². The molecule has 0 bridgehead atoms. The van der Waals surface area contributed by atoms with E-state index in [0.29, 0.717) is 25.6 Å². The highest BCUT2D eigenvalue weighted by molar-refractivity contribution is 6.76. The number of benzene rings is 1. The number of carbonyl (C=O) groups excluding carboxylic acids is 1. The van der Waals surface area contributed by atoms with Crippen molar-refractivity contribution in [3.05, 3.63) is 66.7 Å². The van der Waals surface area contributed by atoms with Gasteiger partial charge in [0.15, 0.2) is 5.82 Å². The monoisotopic (exact) mass is 571 g/mol. The second-order valence-corrected chi connectivity index (χ2v) is 17.4. The Labute approximate surface area is 241 Å². The maximum Gasteiger partial charge on any atom is 0.410 e. The minimum atomic E-state index is -1.15. The number of amides is 1. The first kappa shape index (κ1) is 28.5. The predicted molar refractivity (Wildman–Crippen MR) is 158 cm³/mol. The lowest BCUT2D eigenvalue weighted by Gasteiger charge is -2.22. The summed E-state index contributed by atoms with van der Waals surface area (Å²) in [7, 11) is -1.15. The van der Waals surface area contributed by atoms with Crippen LogP contribution in [-0.4, -0.2) is 63.1 Å². The Hall–Kier alpha value is -4.01. The van der Waals surface area contributed by atoms with Crippen LogP contribution in [-0.2, 0) is 22.8 Å². The Morgan fingerprint density at radius 2 is 2.02 bits per heavy atom. The van der Waals surface area contributed by atoms with Gasteiger partial charge in [0.25, 0.3) is 0 Å². The normalized spacial score (nSPS) is 16.1. The molecule has 1 aliphatic rings.